The van der Waals surface area contributed by atoms with E-state index in [-0.39, 0.29) is 17.8 Å². The maximum Gasteiger partial charge on any atom is 0.293 e. The lowest BCUT2D eigenvalue weighted by Gasteiger charge is -2.15. The average Bonchev–Trinajstić information content (AvgIpc) is 2.89. The second kappa shape index (κ2) is 9.43. The van der Waals surface area contributed by atoms with Crippen LogP contribution in [-0.4, -0.2) is 29.7 Å². The number of carbonyl (C=O) groups is 2. The monoisotopic (exact) mass is 515 g/mol. The molecule has 0 aliphatic carbocycles. The van der Waals surface area contributed by atoms with Crippen LogP contribution >= 0.6 is 50.9 Å². The van der Waals surface area contributed by atoms with Gasteiger partial charge in [0.2, 0.25) is 0 Å². The van der Waals surface area contributed by atoms with Crippen LogP contribution in [-0.2, 0) is 11.4 Å². The molecule has 0 radical (unpaired) electrons. The summed E-state index contributed by atoms with van der Waals surface area (Å²) in [6.45, 7) is 2.52. The summed E-state index contributed by atoms with van der Waals surface area (Å²) < 4.78 is 12.3. The zero-order chi connectivity index (χ0) is 21.1. The summed E-state index contributed by atoms with van der Waals surface area (Å²) in [7, 11) is 1.46. The van der Waals surface area contributed by atoms with Gasteiger partial charge in [-0.15, -0.1) is 0 Å². The van der Waals surface area contributed by atoms with E-state index in [1.54, 1.807) is 36.4 Å². The summed E-state index contributed by atoms with van der Waals surface area (Å²) in [5.41, 5.74) is 1.49. The number of imide groups is 1. The molecule has 2 amide bonds. The predicted molar refractivity (Wildman–Crippen MR) is 120 cm³/mol. The molecule has 1 saturated heterocycles. The van der Waals surface area contributed by atoms with Crippen LogP contribution in [0.4, 0.5) is 4.79 Å². The third-order valence-electron chi connectivity index (χ3n) is 4.00. The van der Waals surface area contributed by atoms with Crippen molar-refractivity contribution in [2.75, 3.05) is 13.7 Å². The number of carbonyl (C=O) groups excluding carboxylic acids is 2. The van der Waals surface area contributed by atoms with Crippen molar-refractivity contribution in [1.82, 2.24) is 4.90 Å². The fourth-order valence-electron chi connectivity index (χ4n) is 2.56. The molecule has 9 heteroatoms. The van der Waals surface area contributed by atoms with Crippen LogP contribution in [0.25, 0.3) is 6.08 Å². The van der Waals surface area contributed by atoms with Crippen molar-refractivity contribution >= 4 is 68.1 Å². The first kappa shape index (κ1) is 22.0. The van der Waals surface area contributed by atoms with Gasteiger partial charge in [-0.05, 0) is 70.5 Å². The fraction of sp³-hybridized carbons (Fsp3) is 0.200. The lowest BCUT2D eigenvalue weighted by molar-refractivity contribution is -0.121. The molecule has 0 unspecified atom stereocenters. The Morgan fingerprint density at radius 3 is 2.55 bits per heavy atom. The van der Waals surface area contributed by atoms with Gasteiger partial charge in [0.15, 0.2) is 11.5 Å². The molecule has 0 aromatic heterocycles. The van der Waals surface area contributed by atoms with E-state index < -0.39 is 0 Å². The Kier molecular flexibility index (Phi) is 7.16. The van der Waals surface area contributed by atoms with E-state index in [4.69, 9.17) is 32.7 Å². The number of nitrogens with zero attached hydrogens (tertiary/aromatic N) is 1. The standard InChI is InChI=1S/C20H16BrCl2NO4S/c1-3-27-16-7-11(8-17-19(25)24(2)20(26)29-17)6-14(21)18(16)28-10-12-4-5-13(22)9-15(12)23/h4-9H,3,10H2,1-2H3/b17-8-. The van der Waals surface area contributed by atoms with Gasteiger partial charge < -0.3 is 9.47 Å². The van der Waals surface area contributed by atoms with Gasteiger partial charge in [-0.2, -0.15) is 0 Å². The Hall–Kier alpha value is -1.67. The molecule has 0 atom stereocenters. The van der Waals surface area contributed by atoms with E-state index in [0.29, 0.717) is 43.1 Å². The third-order valence-corrected chi connectivity index (χ3v) is 6.14. The molecule has 5 nitrogen and oxygen atoms in total. The van der Waals surface area contributed by atoms with Crippen molar-refractivity contribution < 1.29 is 19.1 Å². The molecule has 0 N–H and O–H groups in total. The first-order chi connectivity index (χ1) is 13.8. The van der Waals surface area contributed by atoms with Crippen molar-refractivity contribution in [3.05, 3.63) is 60.9 Å². The maximum absolute atomic E-state index is 12.1. The second-order valence-corrected chi connectivity index (χ2v) is 8.72. The predicted octanol–water partition coefficient (Wildman–Crippen LogP) is 6.40. The summed E-state index contributed by atoms with van der Waals surface area (Å²) in [5.74, 6) is 0.694. The van der Waals surface area contributed by atoms with Crippen LogP contribution in [0.15, 0.2) is 39.7 Å². The molecule has 0 bridgehead atoms. The van der Waals surface area contributed by atoms with Gasteiger partial charge in [-0.3, -0.25) is 14.5 Å². The van der Waals surface area contributed by atoms with E-state index in [0.717, 1.165) is 22.2 Å². The Morgan fingerprint density at radius 1 is 1.17 bits per heavy atom. The van der Waals surface area contributed by atoms with Gasteiger partial charge in [-0.25, -0.2) is 0 Å². The Bertz CT molecular complexity index is 1010. The van der Waals surface area contributed by atoms with E-state index in [1.165, 1.54) is 7.05 Å². The van der Waals surface area contributed by atoms with Crippen molar-refractivity contribution in [2.24, 2.45) is 0 Å². The molecule has 29 heavy (non-hydrogen) atoms. The Balaban J connectivity index is 1.88. The molecule has 1 aliphatic heterocycles. The van der Waals surface area contributed by atoms with Gasteiger partial charge >= 0.3 is 0 Å². The first-order valence-electron chi connectivity index (χ1n) is 8.54. The second-order valence-electron chi connectivity index (χ2n) is 6.03. The van der Waals surface area contributed by atoms with Crippen LogP contribution < -0.4 is 9.47 Å². The summed E-state index contributed by atoms with van der Waals surface area (Å²) >= 11 is 16.6. The van der Waals surface area contributed by atoms with Crippen LogP contribution in [0.2, 0.25) is 10.0 Å². The molecule has 1 aliphatic rings. The van der Waals surface area contributed by atoms with E-state index in [2.05, 4.69) is 15.9 Å². The number of benzene rings is 2. The molecular weight excluding hydrogens is 501 g/mol. The third kappa shape index (κ3) is 5.09. The Labute approximate surface area is 191 Å². The number of rotatable bonds is 6. The van der Waals surface area contributed by atoms with E-state index in [1.807, 2.05) is 6.92 Å². The minimum Gasteiger partial charge on any atom is -0.490 e. The van der Waals surface area contributed by atoms with Gasteiger partial charge in [0.1, 0.15) is 6.61 Å². The molecule has 2 aromatic rings. The fourth-order valence-corrected chi connectivity index (χ4v) is 4.42. The maximum atomic E-state index is 12.1. The SMILES string of the molecule is CCOc1cc(/C=C2\SC(=O)N(C)C2=O)cc(Br)c1OCc1ccc(Cl)cc1Cl. The van der Waals surface area contributed by atoms with E-state index in [9.17, 15) is 9.59 Å². The lowest BCUT2D eigenvalue weighted by atomic mass is 10.1. The minimum absolute atomic E-state index is 0.225. The lowest BCUT2D eigenvalue weighted by Crippen LogP contribution is -2.22. The number of hydrogen-bond acceptors (Lipinski definition) is 5. The number of thioether (sulfide) groups is 1. The van der Waals surface area contributed by atoms with Crippen LogP contribution in [0.5, 0.6) is 11.5 Å². The van der Waals surface area contributed by atoms with Crippen molar-refractivity contribution in [2.45, 2.75) is 13.5 Å². The van der Waals surface area contributed by atoms with Gasteiger partial charge in [0.05, 0.1) is 16.0 Å². The zero-order valence-electron chi connectivity index (χ0n) is 15.5. The molecule has 2 aromatic carbocycles. The number of hydrogen-bond donors (Lipinski definition) is 0. The Morgan fingerprint density at radius 2 is 1.93 bits per heavy atom. The quantitative estimate of drug-likeness (QED) is 0.416. The van der Waals surface area contributed by atoms with Crippen LogP contribution in [0, 0.1) is 0 Å². The van der Waals surface area contributed by atoms with Crippen molar-refractivity contribution in [3.63, 3.8) is 0 Å². The molecule has 152 valence electrons. The van der Waals surface area contributed by atoms with Crippen molar-refractivity contribution in [1.29, 1.82) is 0 Å². The largest absolute Gasteiger partial charge is 0.490 e. The molecule has 3 rings (SSSR count). The summed E-state index contributed by atoms with van der Waals surface area (Å²) in [4.78, 5) is 25.3. The summed E-state index contributed by atoms with van der Waals surface area (Å²) in [6.07, 6.45) is 1.65. The van der Waals surface area contributed by atoms with Crippen molar-refractivity contribution in [3.8, 4) is 11.5 Å². The highest BCUT2D eigenvalue weighted by Crippen LogP contribution is 2.39. The minimum atomic E-state index is -0.327. The highest BCUT2D eigenvalue weighted by Gasteiger charge is 2.31. The molecular formula is C20H16BrCl2NO4S. The zero-order valence-corrected chi connectivity index (χ0v) is 19.4. The first-order valence-corrected chi connectivity index (χ1v) is 10.9. The summed E-state index contributed by atoms with van der Waals surface area (Å²) in [5, 5.41) is 0.763. The molecule has 1 fully saturated rings. The highest BCUT2D eigenvalue weighted by atomic mass is 79.9. The average molecular weight is 517 g/mol. The molecule has 0 saturated carbocycles. The highest BCUT2D eigenvalue weighted by molar-refractivity contribution is 9.10. The van der Waals surface area contributed by atoms with Gasteiger partial charge in [-0.1, -0.05) is 29.3 Å². The van der Waals surface area contributed by atoms with Gasteiger partial charge in [0, 0.05) is 22.7 Å². The number of amides is 2. The molecule has 0 spiro atoms. The smallest absolute Gasteiger partial charge is 0.293 e. The molecule has 1 heterocycles. The number of halogens is 3. The number of ether oxygens (including phenoxy) is 2. The summed E-state index contributed by atoms with van der Waals surface area (Å²) in [6, 6.07) is 8.76. The van der Waals surface area contributed by atoms with Crippen LogP contribution in [0.3, 0.4) is 0 Å². The van der Waals surface area contributed by atoms with Crippen LogP contribution in [0.1, 0.15) is 18.1 Å². The topological polar surface area (TPSA) is 55.8 Å². The normalized spacial score (nSPS) is 15.3. The van der Waals surface area contributed by atoms with Gasteiger partial charge in [0.25, 0.3) is 11.1 Å². The van der Waals surface area contributed by atoms with E-state index >= 15 is 0 Å². The number of likely N-dealkylation sites (N-methyl/N-ethyl adjacent to an activating group) is 1.